The Hall–Kier alpha value is -1.75. The van der Waals surface area contributed by atoms with Crippen molar-refractivity contribution in [1.29, 1.82) is 0 Å². The average Bonchev–Trinajstić information content (AvgIpc) is 2.81. The summed E-state index contributed by atoms with van der Waals surface area (Å²) in [6, 6.07) is 8.23. The van der Waals surface area contributed by atoms with Crippen LogP contribution in [0.1, 0.15) is 43.3 Å². The highest BCUT2D eigenvalue weighted by molar-refractivity contribution is 8.00. The van der Waals surface area contributed by atoms with Crippen molar-refractivity contribution in [1.82, 2.24) is 14.9 Å². The summed E-state index contributed by atoms with van der Waals surface area (Å²) in [4.78, 5) is 17.1. The van der Waals surface area contributed by atoms with Crippen molar-refractivity contribution in [2.45, 2.75) is 65.0 Å². The Balaban J connectivity index is 1.98. The molecule has 1 amide bonds. The second kappa shape index (κ2) is 8.56. The molecule has 0 saturated carbocycles. The fourth-order valence-corrected chi connectivity index (χ4v) is 3.58. The Labute approximate surface area is 155 Å². The lowest BCUT2D eigenvalue weighted by atomic mass is 10.1. The molecule has 0 saturated heterocycles. The van der Waals surface area contributed by atoms with E-state index >= 15 is 0 Å². The van der Waals surface area contributed by atoms with Gasteiger partial charge in [-0.15, -0.1) is 0 Å². The molecule has 136 valence electrons. The van der Waals surface area contributed by atoms with E-state index in [4.69, 9.17) is 0 Å². The van der Waals surface area contributed by atoms with Crippen molar-refractivity contribution in [2.75, 3.05) is 0 Å². The molecule has 0 radical (unpaired) electrons. The van der Waals surface area contributed by atoms with Crippen LogP contribution in [0.2, 0.25) is 0 Å². The lowest BCUT2D eigenvalue weighted by Gasteiger charge is -2.15. The van der Waals surface area contributed by atoms with Crippen LogP contribution in [0.25, 0.3) is 0 Å². The molecule has 2 rings (SSSR count). The molecule has 0 fully saturated rings. The zero-order valence-electron chi connectivity index (χ0n) is 16.1. The number of nitrogens with zero attached hydrogens (tertiary/aromatic N) is 2. The Bertz CT molecular complexity index is 719. The molecule has 25 heavy (non-hydrogen) atoms. The summed E-state index contributed by atoms with van der Waals surface area (Å²) in [5, 5.41) is 3.77. The molecule has 5 heteroatoms. The van der Waals surface area contributed by atoms with E-state index in [1.54, 1.807) is 0 Å². The summed E-state index contributed by atoms with van der Waals surface area (Å²) < 4.78 is 2.23. The zero-order chi connectivity index (χ0) is 18.6. The van der Waals surface area contributed by atoms with Gasteiger partial charge in [-0.05, 0) is 39.2 Å². The standard InChI is InChI=1S/C20H29N3OS/c1-13(2)12-23-16(5)15(4)22-20(23)25-17(6)19(24)21-11-18-9-7-14(3)8-10-18/h7-10,13,17H,11-12H2,1-6H3,(H,21,24). The highest BCUT2D eigenvalue weighted by Crippen LogP contribution is 2.26. The van der Waals surface area contributed by atoms with Crippen LogP contribution in [-0.2, 0) is 17.9 Å². The molecule has 1 heterocycles. The minimum atomic E-state index is -0.183. The van der Waals surface area contributed by atoms with Gasteiger partial charge in [0.15, 0.2) is 5.16 Å². The summed E-state index contributed by atoms with van der Waals surface area (Å²) in [7, 11) is 0. The molecule has 2 aromatic rings. The maximum atomic E-state index is 12.4. The minimum absolute atomic E-state index is 0.0416. The first-order chi connectivity index (χ1) is 11.8. The molecule has 1 unspecified atom stereocenters. The summed E-state index contributed by atoms with van der Waals surface area (Å²) >= 11 is 1.53. The third-order valence-electron chi connectivity index (χ3n) is 4.21. The molecule has 0 aliphatic rings. The van der Waals surface area contributed by atoms with E-state index in [1.807, 2.05) is 13.8 Å². The smallest absolute Gasteiger partial charge is 0.233 e. The Morgan fingerprint density at radius 3 is 2.40 bits per heavy atom. The van der Waals surface area contributed by atoms with Crippen LogP contribution in [0.15, 0.2) is 29.4 Å². The van der Waals surface area contributed by atoms with Gasteiger partial charge in [0, 0.05) is 18.8 Å². The first-order valence-electron chi connectivity index (χ1n) is 8.81. The number of nitrogens with one attached hydrogen (secondary N) is 1. The lowest BCUT2D eigenvalue weighted by molar-refractivity contribution is -0.120. The Morgan fingerprint density at radius 2 is 1.80 bits per heavy atom. The van der Waals surface area contributed by atoms with E-state index < -0.39 is 0 Å². The maximum absolute atomic E-state index is 12.4. The van der Waals surface area contributed by atoms with Gasteiger partial charge in [0.1, 0.15) is 0 Å². The molecule has 1 aromatic carbocycles. The van der Waals surface area contributed by atoms with Gasteiger partial charge in [-0.2, -0.15) is 0 Å². The van der Waals surface area contributed by atoms with Crippen LogP contribution < -0.4 is 5.32 Å². The van der Waals surface area contributed by atoms with Crippen molar-refractivity contribution in [3.05, 3.63) is 46.8 Å². The van der Waals surface area contributed by atoms with E-state index in [2.05, 4.69) is 66.8 Å². The number of carbonyl (C=O) groups is 1. The molecule has 0 spiro atoms. The first-order valence-corrected chi connectivity index (χ1v) is 9.69. The normalized spacial score (nSPS) is 12.4. The number of carbonyl (C=O) groups excluding carboxylic acids is 1. The SMILES string of the molecule is Cc1ccc(CNC(=O)C(C)Sc2nc(C)c(C)n2CC(C)C)cc1. The van der Waals surface area contributed by atoms with Gasteiger partial charge >= 0.3 is 0 Å². The van der Waals surface area contributed by atoms with Gasteiger partial charge in [0.05, 0.1) is 10.9 Å². The van der Waals surface area contributed by atoms with E-state index in [9.17, 15) is 4.79 Å². The average molecular weight is 360 g/mol. The van der Waals surface area contributed by atoms with Crippen LogP contribution in [0, 0.1) is 26.7 Å². The largest absolute Gasteiger partial charge is 0.351 e. The van der Waals surface area contributed by atoms with Crippen LogP contribution >= 0.6 is 11.8 Å². The van der Waals surface area contributed by atoms with E-state index in [-0.39, 0.29) is 11.2 Å². The van der Waals surface area contributed by atoms with Gasteiger partial charge < -0.3 is 9.88 Å². The van der Waals surface area contributed by atoms with Gasteiger partial charge in [-0.1, -0.05) is 55.4 Å². The number of aromatic nitrogens is 2. The van der Waals surface area contributed by atoms with Crippen molar-refractivity contribution in [3.63, 3.8) is 0 Å². The van der Waals surface area contributed by atoms with Crippen LogP contribution in [0.3, 0.4) is 0 Å². The van der Waals surface area contributed by atoms with E-state index in [0.29, 0.717) is 12.5 Å². The molecular weight excluding hydrogens is 330 g/mol. The number of hydrogen-bond donors (Lipinski definition) is 1. The number of thioether (sulfide) groups is 1. The third kappa shape index (κ3) is 5.36. The highest BCUT2D eigenvalue weighted by atomic mass is 32.2. The van der Waals surface area contributed by atoms with Gasteiger partial charge in [0.2, 0.25) is 5.91 Å². The van der Waals surface area contributed by atoms with E-state index in [1.165, 1.54) is 23.0 Å². The molecule has 0 aliphatic carbocycles. The summed E-state index contributed by atoms with van der Waals surface area (Å²) in [5.74, 6) is 0.581. The molecule has 1 aromatic heterocycles. The van der Waals surface area contributed by atoms with Crippen molar-refractivity contribution in [2.24, 2.45) is 5.92 Å². The monoisotopic (exact) mass is 359 g/mol. The topological polar surface area (TPSA) is 46.9 Å². The number of rotatable bonds is 7. The molecule has 0 bridgehead atoms. The van der Waals surface area contributed by atoms with Crippen LogP contribution in [0.4, 0.5) is 0 Å². The van der Waals surface area contributed by atoms with Crippen molar-refractivity contribution < 1.29 is 4.79 Å². The highest BCUT2D eigenvalue weighted by Gasteiger charge is 2.20. The van der Waals surface area contributed by atoms with Gasteiger partial charge in [0.25, 0.3) is 0 Å². The zero-order valence-corrected chi connectivity index (χ0v) is 16.9. The first kappa shape index (κ1) is 19.6. The molecule has 1 N–H and O–H groups in total. The molecule has 1 atom stereocenters. The fraction of sp³-hybridized carbons (Fsp3) is 0.500. The van der Waals surface area contributed by atoms with Crippen LogP contribution in [0.5, 0.6) is 0 Å². The molecule has 0 aliphatic heterocycles. The predicted octanol–water partition coefficient (Wildman–Crippen LogP) is 4.26. The quantitative estimate of drug-likeness (QED) is 0.751. The Kier molecular flexibility index (Phi) is 6.71. The molecule has 4 nitrogen and oxygen atoms in total. The number of benzene rings is 1. The predicted molar refractivity (Wildman–Crippen MR) is 105 cm³/mol. The number of imidazole rings is 1. The third-order valence-corrected chi connectivity index (χ3v) is 5.30. The van der Waals surface area contributed by atoms with Crippen molar-refractivity contribution >= 4 is 17.7 Å². The van der Waals surface area contributed by atoms with Crippen LogP contribution in [-0.4, -0.2) is 20.7 Å². The van der Waals surface area contributed by atoms with Gasteiger partial charge in [-0.3, -0.25) is 4.79 Å². The second-order valence-electron chi connectivity index (χ2n) is 7.03. The lowest BCUT2D eigenvalue weighted by Crippen LogP contribution is -2.30. The number of aryl methyl sites for hydroxylation is 2. The number of hydrogen-bond acceptors (Lipinski definition) is 3. The fourth-order valence-electron chi connectivity index (χ4n) is 2.54. The summed E-state index contributed by atoms with van der Waals surface area (Å²) in [6.45, 7) is 14.0. The molecular formula is C20H29N3OS. The number of amides is 1. The minimum Gasteiger partial charge on any atom is -0.351 e. The van der Waals surface area contributed by atoms with Crippen molar-refractivity contribution in [3.8, 4) is 0 Å². The second-order valence-corrected chi connectivity index (χ2v) is 8.34. The maximum Gasteiger partial charge on any atom is 0.233 e. The summed E-state index contributed by atoms with van der Waals surface area (Å²) in [5.41, 5.74) is 4.56. The Morgan fingerprint density at radius 1 is 1.16 bits per heavy atom. The van der Waals surface area contributed by atoms with Gasteiger partial charge in [-0.25, -0.2) is 4.98 Å². The summed E-state index contributed by atoms with van der Waals surface area (Å²) in [6.07, 6.45) is 0. The van der Waals surface area contributed by atoms with E-state index in [0.717, 1.165) is 23.0 Å².